The van der Waals surface area contributed by atoms with Crippen molar-refractivity contribution in [2.24, 2.45) is 21.1 Å². The van der Waals surface area contributed by atoms with Crippen molar-refractivity contribution in [2.75, 3.05) is 56.9 Å². The summed E-state index contributed by atoms with van der Waals surface area (Å²) in [4.78, 5) is 32.1. The molecule has 2 aromatic carbocycles. The first-order valence-corrected chi connectivity index (χ1v) is 15.8. The van der Waals surface area contributed by atoms with Crippen molar-refractivity contribution in [1.29, 1.82) is 5.41 Å². The smallest absolute Gasteiger partial charge is 0.234 e. The molecule has 0 unspecified atom stereocenters. The van der Waals surface area contributed by atoms with Crippen LogP contribution in [-0.4, -0.2) is 84.9 Å². The minimum atomic E-state index is -0.590. The van der Waals surface area contributed by atoms with Crippen molar-refractivity contribution in [1.82, 2.24) is 14.8 Å². The van der Waals surface area contributed by atoms with E-state index in [1.807, 2.05) is 12.1 Å². The molecule has 0 aliphatic carbocycles. The van der Waals surface area contributed by atoms with Crippen LogP contribution >= 0.6 is 0 Å². The van der Waals surface area contributed by atoms with E-state index in [4.69, 9.17) is 16.9 Å². The zero-order chi connectivity index (χ0) is 33.1. The second-order valence-electron chi connectivity index (χ2n) is 12.4. The number of hydrogen-bond acceptors (Lipinski definition) is 7. The van der Waals surface area contributed by atoms with E-state index in [1.165, 1.54) is 29.7 Å². The first-order chi connectivity index (χ1) is 22.7. The number of nitrogens with two attached hydrogens (primary N) is 2. The number of carbonyl (C=O) groups excluding carboxylic acids is 1. The molecular weight excluding hydrogens is 593 g/mol. The van der Waals surface area contributed by atoms with Gasteiger partial charge in [0.15, 0.2) is 5.82 Å². The number of pyridine rings is 1. The zero-order valence-corrected chi connectivity index (χ0v) is 26.6. The number of amidine groups is 1. The molecule has 2 fully saturated rings. The van der Waals surface area contributed by atoms with Crippen LogP contribution in [0.2, 0.25) is 0 Å². The highest BCUT2D eigenvalue weighted by atomic mass is 19.1. The minimum absolute atomic E-state index is 0.0393. The Morgan fingerprint density at radius 1 is 1.13 bits per heavy atom. The summed E-state index contributed by atoms with van der Waals surface area (Å²) < 4.78 is 14.4. The number of halogens is 1. The first-order valence-electron chi connectivity index (χ1n) is 15.8. The normalized spacial score (nSPS) is 20.4. The van der Waals surface area contributed by atoms with Gasteiger partial charge in [-0.05, 0) is 61.2 Å². The molecule has 11 heteroatoms. The SMILES string of the molecule is C=C(CN1CC[C@]2(CCN(c3ccc(N)c(C(=N)c4ccncc4F)c3)C2=O)C1)N1CC=C(c2ccc(C(N)=NC=NC)cc2)CC1. The van der Waals surface area contributed by atoms with Crippen molar-refractivity contribution in [3.8, 4) is 0 Å². The van der Waals surface area contributed by atoms with E-state index >= 15 is 0 Å². The number of likely N-dealkylation sites (tertiary alicyclic amines) is 1. The van der Waals surface area contributed by atoms with Crippen LogP contribution in [0.5, 0.6) is 0 Å². The number of nitrogens with zero attached hydrogens (tertiary/aromatic N) is 6. The standard InChI is InChI=1S/C36H40FN9O/c1-24(45-15-10-26(11-16-45)25-3-5-27(6-4-25)34(40)43-23-41-2)21-44-17-12-36(22-44)13-18-46(35(36)47)28-7-8-32(38)30(19-28)33(39)29-9-14-42-20-31(29)37/h3-10,14,19-20,23,39H,1,11-13,15-18,21-22,38H2,2H3,(H2,40,41,43)/t36-/m0/s1. The summed E-state index contributed by atoms with van der Waals surface area (Å²) in [5, 5.41) is 8.62. The maximum atomic E-state index is 14.4. The molecule has 10 nitrogen and oxygen atoms in total. The predicted molar refractivity (Wildman–Crippen MR) is 186 cm³/mol. The number of rotatable bonds is 9. The lowest BCUT2D eigenvalue weighted by atomic mass is 9.85. The number of carbonyl (C=O) groups is 1. The third kappa shape index (κ3) is 6.44. The summed E-state index contributed by atoms with van der Waals surface area (Å²) >= 11 is 0. The topological polar surface area (TPSA) is 140 Å². The molecule has 242 valence electrons. The van der Waals surface area contributed by atoms with E-state index in [1.54, 1.807) is 30.1 Å². The Balaban J connectivity index is 1.06. The number of anilines is 2. The first kappa shape index (κ1) is 31.8. The predicted octanol–water partition coefficient (Wildman–Crippen LogP) is 4.31. The average Bonchev–Trinajstić information content (AvgIpc) is 3.65. The Hall–Kier alpha value is -5.16. The third-order valence-corrected chi connectivity index (χ3v) is 9.53. The molecule has 0 bridgehead atoms. The maximum absolute atomic E-state index is 14.4. The Morgan fingerprint density at radius 3 is 2.64 bits per heavy atom. The molecule has 3 aliphatic rings. The number of amides is 1. The van der Waals surface area contributed by atoms with E-state index < -0.39 is 11.2 Å². The second-order valence-corrected chi connectivity index (χ2v) is 12.4. The lowest BCUT2D eigenvalue weighted by Gasteiger charge is -2.32. The fourth-order valence-electron chi connectivity index (χ4n) is 6.82. The molecule has 1 amide bonds. The minimum Gasteiger partial charge on any atom is -0.398 e. The van der Waals surface area contributed by atoms with Gasteiger partial charge < -0.3 is 21.3 Å². The van der Waals surface area contributed by atoms with Crippen LogP contribution in [0.3, 0.4) is 0 Å². The number of nitrogen functional groups attached to an aromatic ring is 1. The van der Waals surface area contributed by atoms with Gasteiger partial charge in [0.1, 0.15) is 12.2 Å². The highest BCUT2D eigenvalue weighted by Crippen LogP contribution is 2.43. The van der Waals surface area contributed by atoms with Crippen molar-refractivity contribution >= 4 is 40.7 Å². The van der Waals surface area contributed by atoms with Gasteiger partial charge in [0.2, 0.25) is 5.91 Å². The maximum Gasteiger partial charge on any atom is 0.234 e. The van der Waals surface area contributed by atoms with Crippen molar-refractivity contribution < 1.29 is 9.18 Å². The molecule has 0 saturated carbocycles. The summed E-state index contributed by atoms with van der Waals surface area (Å²) in [6.07, 6.45) is 8.68. The average molecular weight is 634 g/mol. The van der Waals surface area contributed by atoms with Gasteiger partial charge in [-0.15, -0.1) is 0 Å². The molecule has 2 saturated heterocycles. The molecular formula is C36H40FN9O. The summed E-state index contributed by atoms with van der Waals surface area (Å²) in [5.41, 5.74) is 17.7. The van der Waals surface area contributed by atoms with Crippen LogP contribution in [0.15, 0.2) is 89.3 Å². The molecule has 5 N–H and O–H groups in total. The monoisotopic (exact) mass is 633 g/mol. The molecule has 1 atom stereocenters. The Kier molecular flexibility index (Phi) is 8.99. The molecule has 3 aliphatic heterocycles. The third-order valence-electron chi connectivity index (χ3n) is 9.53. The number of aliphatic imine (C=N–C) groups is 2. The van der Waals surface area contributed by atoms with E-state index in [-0.39, 0.29) is 17.2 Å². The zero-order valence-electron chi connectivity index (χ0n) is 26.6. The quantitative estimate of drug-likeness (QED) is 0.182. The molecule has 3 aromatic rings. The van der Waals surface area contributed by atoms with Crippen molar-refractivity contribution in [3.63, 3.8) is 0 Å². The lowest BCUT2D eigenvalue weighted by molar-refractivity contribution is -0.125. The van der Waals surface area contributed by atoms with Gasteiger partial charge in [0.25, 0.3) is 0 Å². The van der Waals surface area contributed by atoms with Crippen LogP contribution in [0.25, 0.3) is 5.57 Å². The Bertz CT molecular complexity index is 1800. The van der Waals surface area contributed by atoms with Gasteiger partial charge in [0, 0.05) is 79.7 Å². The van der Waals surface area contributed by atoms with E-state index in [9.17, 15) is 9.18 Å². The number of nitrogens with one attached hydrogen (secondary N) is 1. The number of aromatic nitrogens is 1. The number of hydrogen-bond donors (Lipinski definition) is 3. The fourth-order valence-corrected chi connectivity index (χ4v) is 6.82. The Morgan fingerprint density at radius 2 is 1.91 bits per heavy atom. The van der Waals surface area contributed by atoms with Crippen LogP contribution in [0.1, 0.15) is 41.5 Å². The fraction of sp³-hybridized carbons (Fsp3) is 0.306. The van der Waals surface area contributed by atoms with Crippen molar-refractivity contribution in [2.45, 2.75) is 19.3 Å². The number of benzene rings is 2. The molecule has 1 aromatic heterocycles. The van der Waals surface area contributed by atoms with Crippen LogP contribution in [-0.2, 0) is 4.79 Å². The summed E-state index contributed by atoms with van der Waals surface area (Å²) in [5.74, 6) is -0.0623. The highest BCUT2D eigenvalue weighted by Gasteiger charge is 2.51. The van der Waals surface area contributed by atoms with Crippen molar-refractivity contribution in [3.05, 3.63) is 107 Å². The van der Waals surface area contributed by atoms with E-state index in [0.717, 1.165) is 56.4 Å². The Labute approximate surface area is 274 Å². The van der Waals surface area contributed by atoms with Gasteiger partial charge in [-0.1, -0.05) is 36.9 Å². The largest absolute Gasteiger partial charge is 0.398 e. The summed E-state index contributed by atoms with van der Waals surface area (Å²) in [6.45, 7) is 8.89. The van der Waals surface area contributed by atoms with Gasteiger partial charge in [-0.3, -0.25) is 25.1 Å². The molecule has 4 heterocycles. The second kappa shape index (κ2) is 13.3. The van der Waals surface area contributed by atoms with Gasteiger partial charge in [-0.25, -0.2) is 9.38 Å². The summed E-state index contributed by atoms with van der Waals surface area (Å²) in [7, 11) is 1.66. The molecule has 47 heavy (non-hydrogen) atoms. The van der Waals surface area contributed by atoms with Gasteiger partial charge in [-0.2, -0.15) is 0 Å². The summed E-state index contributed by atoms with van der Waals surface area (Å²) in [6, 6.07) is 14.8. The van der Waals surface area contributed by atoms with Gasteiger partial charge >= 0.3 is 0 Å². The molecule has 1 spiro atoms. The van der Waals surface area contributed by atoms with E-state index in [0.29, 0.717) is 42.4 Å². The van der Waals surface area contributed by atoms with Crippen LogP contribution in [0.4, 0.5) is 15.8 Å². The molecule has 6 rings (SSSR count). The lowest BCUT2D eigenvalue weighted by Crippen LogP contribution is -2.38. The highest BCUT2D eigenvalue weighted by molar-refractivity contribution is 6.15. The van der Waals surface area contributed by atoms with Gasteiger partial charge in [0.05, 0.1) is 17.3 Å². The van der Waals surface area contributed by atoms with Crippen LogP contribution < -0.4 is 16.4 Å². The molecule has 0 radical (unpaired) electrons. The van der Waals surface area contributed by atoms with E-state index in [2.05, 4.69) is 49.6 Å². The van der Waals surface area contributed by atoms with Crippen LogP contribution in [0, 0.1) is 16.6 Å².